The zero-order valence-electron chi connectivity index (χ0n) is 13.9. The quantitative estimate of drug-likeness (QED) is 0.905. The topological polar surface area (TPSA) is 32.3 Å². The van der Waals surface area contributed by atoms with Gasteiger partial charge in [-0.15, -0.1) is 0 Å². The second-order valence-corrected chi connectivity index (χ2v) is 6.38. The molecule has 2 aromatic carbocycles. The number of nitrogens with zero attached hydrogens (tertiary/aromatic N) is 1. The minimum Gasteiger partial charge on any atom is -0.348 e. The number of nitrogens with one attached hydrogen (secondary N) is 1. The first kappa shape index (κ1) is 16.7. The summed E-state index contributed by atoms with van der Waals surface area (Å²) in [7, 11) is 0. The van der Waals surface area contributed by atoms with Crippen LogP contribution in [0.15, 0.2) is 54.6 Å². The van der Waals surface area contributed by atoms with Crippen LogP contribution >= 0.6 is 0 Å². The Bertz CT molecular complexity index is 672. The van der Waals surface area contributed by atoms with Gasteiger partial charge in [-0.05, 0) is 49.6 Å². The zero-order valence-corrected chi connectivity index (χ0v) is 13.9. The number of likely N-dealkylation sites (tertiary alicyclic amines) is 1. The van der Waals surface area contributed by atoms with E-state index in [4.69, 9.17) is 0 Å². The Labute approximate surface area is 142 Å². The van der Waals surface area contributed by atoms with Crippen molar-refractivity contribution in [3.05, 3.63) is 71.5 Å². The van der Waals surface area contributed by atoms with E-state index in [1.165, 1.54) is 17.7 Å². The van der Waals surface area contributed by atoms with Crippen molar-refractivity contribution in [2.45, 2.75) is 31.8 Å². The van der Waals surface area contributed by atoms with Gasteiger partial charge in [-0.2, -0.15) is 0 Å². The van der Waals surface area contributed by atoms with Crippen LogP contribution in [0.25, 0.3) is 0 Å². The number of carbonyl (C=O) groups is 1. The summed E-state index contributed by atoms with van der Waals surface area (Å²) in [5.74, 6) is -0.255. The van der Waals surface area contributed by atoms with Gasteiger partial charge in [0.15, 0.2) is 0 Å². The van der Waals surface area contributed by atoms with Crippen molar-refractivity contribution in [2.24, 2.45) is 0 Å². The van der Waals surface area contributed by atoms with E-state index in [2.05, 4.69) is 22.3 Å². The third-order valence-electron chi connectivity index (χ3n) is 4.64. The van der Waals surface area contributed by atoms with Gasteiger partial charge in [0, 0.05) is 6.04 Å². The molecule has 0 radical (unpaired) electrons. The number of halogens is 1. The minimum atomic E-state index is -0.264. The molecule has 1 saturated heterocycles. The van der Waals surface area contributed by atoms with Crippen LogP contribution in [0.4, 0.5) is 4.39 Å². The van der Waals surface area contributed by atoms with Crippen LogP contribution in [0.5, 0.6) is 0 Å². The van der Waals surface area contributed by atoms with Gasteiger partial charge in [0.1, 0.15) is 5.82 Å². The van der Waals surface area contributed by atoms with E-state index in [0.29, 0.717) is 12.6 Å². The van der Waals surface area contributed by atoms with E-state index < -0.39 is 0 Å². The normalized spacial score (nSPS) is 19.2. The molecule has 0 aromatic heterocycles. The third kappa shape index (κ3) is 4.01. The summed E-state index contributed by atoms with van der Waals surface area (Å²) in [5, 5.41) is 3.01. The molecule has 0 aliphatic carbocycles. The highest BCUT2D eigenvalue weighted by Gasteiger charge is 2.27. The van der Waals surface area contributed by atoms with Crippen molar-refractivity contribution in [1.82, 2.24) is 10.2 Å². The van der Waals surface area contributed by atoms with E-state index in [9.17, 15) is 9.18 Å². The molecule has 1 aliphatic rings. The first-order chi connectivity index (χ1) is 11.6. The maximum Gasteiger partial charge on any atom is 0.234 e. The average molecular weight is 326 g/mol. The molecule has 1 heterocycles. The number of benzene rings is 2. The summed E-state index contributed by atoms with van der Waals surface area (Å²) in [5.41, 5.74) is 2.18. The van der Waals surface area contributed by atoms with Crippen LogP contribution in [-0.4, -0.2) is 23.9 Å². The third-order valence-corrected chi connectivity index (χ3v) is 4.64. The van der Waals surface area contributed by atoms with E-state index in [0.717, 1.165) is 24.9 Å². The lowest BCUT2D eigenvalue weighted by Crippen LogP contribution is -2.38. The van der Waals surface area contributed by atoms with Crippen LogP contribution in [0.2, 0.25) is 0 Å². The maximum atomic E-state index is 13.0. The highest BCUT2D eigenvalue weighted by atomic mass is 19.1. The monoisotopic (exact) mass is 326 g/mol. The molecular weight excluding hydrogens is 303 g/mol. The van der Waals surface area contributed by atoms with Crippen LogP contribution < -0.4 is 5.32 Å². The molecule has 0 bridgehead atoms. The van der Waals surface area contributed by atoms with Crippen LogP contribution in [0.1, 0.15) is 43.0 Å². The summed E-state index contributed by atoms with van der Waals surface area (Å²) in [6.07, 6.45) is 2.20. The lowest BCUT2D eigenvalue weighted by atomic mass is 10.0. The smallest absolute Gasteiger partial charge is 0.234 e. The number of hydrogen-bond acceptors (Lipinski definition) is 2. The molecule has 1 aliphatic heterocycles. The van der Waals surface area contributed by atoms with Gasteiger partial charge in [0.2, 0.25) is 5.91 Å². The van der Waals surface area contributed by atoms with E-state index in [1.807, 2.05) is 25.1 Å². The van der Waals surface area contributed by atoms with Crippen LogP contribution in [0, 0.1) is 5.82 Å². The molecule has 3 nitrogen and oxygen atoms in total. The highest BCUT2D eigenvalue weighted by molar-refractivity contribution is 5.78. The van der Waals surface area contributed by atoms with Gasteiger partial charge in [0.05, 0.1) is 12.6 Å². The number of hydrogen-bond donors (Lipinski definition) is 1. The van der Waals surface area contributed by atoms with Gasteiger partial charge < -0.3 is 5.32 Å². The Morgan fingerprint density at radius 2 is 1.92 bits per heavy atom. The molecule has 1 fully saturated rings. The molecule has 3 rings (SSSR count). The molecule has 24 heavy (non-hydrogen) atoms. The molecule has 2 aromatic rings. The Balaban J connectivity index is 1.59. The van der Waals surface area contributed by atoms with Crippen molar-refractivity contribution < 1.29 is 9.18 Å². The molecular formula is C20H23FN2O. The summed E-state index contributed by atoms with van der Waals surface area (Å²) in [6, 6.07) is 16.8. The summed E-state index contributed by atoms with van der Waals surface area (Å²) < 4.78 is 13.0. The van der Waals surface area contributed by atoms with Crippen molar-refractivity contribution in [3.8, 4) is 0 Å². The van der Waals surface area contributed by atoms with Gasteiger partial charge in [-0.25, -0.2) is 4.39 Å². The van der Waals surface area contributed by atoms with Crippen LogP contribution in [-0.2, 0) is 4.79 Å². The molecule has 126 valence electrons. The maximum absolute atomic E-state index is 13.0. The fourth-order valence-electron chi connectivity index (χ4n) is 3.37. The number of carbonyl (C=O) groups excluding carboxylic acids is 1. The van der Waals surface area contributed by atoms with Gasteiger partial charge in [-0.3, -0.25) is 9.69 Å². The van der Waals surface area contributed by atoms with E-state index in [-0.39, 0.29) is 17.8 Å². The Hall–Kier alpha value is -2.20. The van der Waals surface area contributed by atoms with Gasteiger partial charge in [0.25, 0.3) is 0 Å². The Kier molecular flexibility index (Phi) is 5.26. The fraction of sp³-hybridized carbons (Fsp3) is 0.350. The molecule has 4 heteroatoms. The minimum absolute atomic E-state index is 0.00894. The first-order valence-electron chi connectivity index (χ1n) is 8.47. The molecule has 0 unspecified atom stereocenters. The highest BCUT2D eigenvalue weighted by Crippen LogP contribution is 2.31. The standard InChI is InChI=1S/C20H23FN2O/c1-15(16-9-11-18(21)12-10-16)22-20(24)14-23-13-5-8-19(23)17-6-3-2-4-7-17/h2-4,6-7,9-12,15,19H,5,8,13-14H2,1H3,(H,22,24)/t15-,19-/m1/s1. The summed E-state index contributed by atoms with van der Waals surface area (Å²) >= 11 is 0. The lowest BCUT2D eigenvalue weighted by molar-refractivity contribution is -0.123. The number of amides is 1. The van der Waals surface area contributed by atoms with Crippen molar-refractivity contribution in [3.63, 3.8) is 0 Å². The zero-order chi connectivity index (χ0) is 16.9. The predicted octanol–water partition coefficient (Wildman–Crippen LogP) is 3.84. The molecule has 1 N–H and O–H groups in total. The second-order valence-electron chi connectivity index (χ2n) is 6.38. The lowest BCUT2D eigenvalue weighted by Gasteiger charge is -2.25. The van der Waals surface area contributed by atoms with Gasteiger partial charge >= 0.3 is 0 Å². The van der Waals surface area contributed by atoms with Crippen molar-refractivity contribution >= 4 is 5.91 Å². The number of rotatable bonds is 5. The molecule has 1 amide bonds. The summed E-state index contributed by atoms with van der Waals surface area (Å²) in [6.45, 7) is 3.26. The molecule has 0 spiro atoms. The largest absolute Gasteiger partial charge is 0.348 e. The Morgan fingerprint density at radius 1 is 1.21 bits per heavy atom. The van der Waals surface area contributed by atoms with Crippen molar-refractivity contribution in [1.29, 1.82) is 0 Å². The van der Waals surface area contributed by atoms with Crippen LogP contribution in [0.3, 0.4) is 0 Å². The van der Waals surface area contributed by atoms with Crippen molar-refractivity contribution in [2.75, 3.05) is 13.1 Å². The second kappa shape index (κ2) is 7.58. The predicted molar refractivity (Wildman–Crippen MR) is 92.9 cm³/mol. The molecule has 2 atom stereocenters. The average Bonchev–Trinajstić information content (AvgIpc) is 3.04. The summed E-state index contributed by atoms with van der Waals surface area (Å²) in [4.78, 5) is 14.6. The van der Waals surface area contributed by atoms with E-state index >= 15 is 0 Å². The first-order valence-corrected chi connectivity index (χ1v) is 8.47. The Morgan fingerprint density at radius 3 is 2.62 bits per heavy atom. The van der Waals surface area contributed by atoms with E-state index in [1.54, 1.807) is 12.1 Å². The fourth-order valence-corrected chi connectivity index (χ4v) is 3.37. The van der Waals surface area contributed by atoms with Gasteiger partial charge in [-0.1, -0.05) is 42.5 Å². The molecule has 0 saturated carbocycles. The SMILES string of the molecule is C[C@@H](NC(=O)CN1CCC[C@@H]1c1ccccc1)c1ccc(F)cc1.